The van der Waals surface area contributed by atoms with Gasteiger partial charge >= 0.3 is 6.09 Å². The molecule has 2 aromatic heterocycles. The van der Waals surface area contributed by atoms with E-state index in [0.29, 0.717) is 17.1 Å². The van der Waals surface area contributed by atoms with E-state index in [-0.39, 0.29) is 25.7 Å². The highest BCUT2D eigenvalue weighted by molar-refractivity contribution is 5.67. The van der Waals surface area contributed by atoms with Crippen LogP contribution in [0.5, 0.6) is 5.75 Å². The number of aromatic nitrogens is 4. The molecule has 0 radical (unpaired) electrons. The molecule has 29 heavy (non-hydrogen) atoms. The zero-order valence-corrected chi connectivity index (χ0v) is 17.0. The number of rotatable bonds is 8. The summed E-state index contributed by atoms with van der Waals surface area (Å²) in [7, 11) is 1.75. The van der Waals surface area contributed by atoms with Crippen LogP contribution in [0.3, 0.4) is 0 Å². The van der Waals surface area contributed by atoms with Gasteiger partial charge in [-0.15, -0.1) is 5.10 Å². The third kappa shape index (κ3) is 5.65. The average Bonchev–Trinajstić information content (AvgIpc) is 3.09. The minimum atomic E-state index is -0.606. The Morgan fingerprint density at radius 3 is 2.83 bits per heavy atom. The van der Waals surface area contributed by atoms with Crippen molar-refractivity contribution in [3.05, 3.63) is 23.5 Å². The lowest BCUT2D eigenvalue weighted by atomic mass is 9.98. The Balaban J connectivity index is 1.67. The number of amides is 1. The summed E-state index contributed by atoms with van der Waals surface area (Å²) < 4.78 is 24.7. The number of alkyl halides is 1. The molecule has 158 valence electrons. The second-order valence-electron chi connectivity index (χ2n) is 7.20. The second kappa shape index (κ2) is 10.2. The fraction of sp³-hybridized carbons (Fsp3) is 0.600. The van der Waals surface area contributed by atoms with Gasteiger partial charge in [-0.25, -0.2) is 14.5 Å². The van der Waals surface area contributed by atoms with Gasteiger partial charge in [-0.3, -0.25) is 4.39 Å². The molecule has 0 spiro atoms. The largest absolute Gasteiger partial charge is 0.489 e. The first-order chi connectivity index (χ1) is 14.1. The molecule has 0 aliphatic heterocycles. The topological polar surface area (TPSA) is 91.2 Å². The van der Waals surface area contributed by atoms with Gasteiger partial charge in [0.2, 0.25) is 0 Å². The van der Waals surface area contributed by atoms with E-state index in [4.69, 9.17) is 9.47 Å². The van der Waals surface area contributed by atoms with Crippen molar-refractivity contribution in [1.82, 2.24) is 25.3 Å². The van der Waals surface area contributed by atoms with E-state index in [1.54, 1.807) is 11.7 Å². The molecule has 2 heterocycles. The predicted octanol–water partition coefficient (Wildman–Crippen LogP) is 3.48. The quantitative estimate of drug-likeness (QED) is 0.676. The van der Waals surface area contributed by atoms with Crippen LogP contribution in [0.2, 0.25) is 0 Å². The fourth-order valence-electron chi connectivity index (χ4n) is 3.37. The Morgan fingerprint density at radius 2 is 2.10 bits per heavy atom. The maximum Gasteiger partial charge on any atom is 0.407 e. The lowest BCUT2D eigenvalue weighted by Gasteiger charge is -2.23. The van der Waals surface area contributed by atoms with Gasteiger partial charge in [-0.2, -0.15) is 0 Å². The molecule has 0 unspecified atom stereocenters. The second-order valence-corrected chi connectivity index (χ2v) is 7.20. The smallest absolute Gasteiger partial charge is 0.407 e. The molecule has 3 rings (SSSR count). The number of nitrogens with zero attached hydrogens (tertiary/aromatic N) is 4. The van der Waals surface area contributed by atoms with Crippen LogP contribution in [-0.2, 0) is 18.3 Å². The molecule has 1 aliphatic rings. The third-order valence-corrected chi connectivity index (χ3v) is 4.98. The highest BCUT2D eigenvalue weighted by Crippen LogP contribution is 2.27. The van der Waals surface area contributed by atoms with Crippen molar-refractivity contribution < 1.29 is 18.7 Å². The van der Waals surface area contributed by atoms with E-state index in [0.717, 1.165) is 24.3 Å². The monoisotopic (exact) mass is 405 g/mol. The van der Waals surface area contributed by atoms with Crippen molar-refractivity contribution in [2.24, 2.45) is 7.05 Å². The van der Waals surface area contributed by atoms with Crippen molar-refractivity contribution in [3.63, 3.8) is 0 Å². The molecule has 0 bridgehead atoms. The standard InChI is InChI=1S/C20H28FN5O3/c1-14-18(29-15-7-4-3-5-8-15)10-9-16(23-14)19-17(26(2)25-24-19)13-22-20(27)28-12-6-11-21/h9-10,15H,3-8,11-13H2,1-2H3,(H,22,27). The highest BCUT2D eigenvalue weighted by Gasteiger charge is 2.19. The number of hydrogen-bond acceptors (Lipinski definition) is 6. The van der Waals surface area contributed by atoms with Crippen LogP contribution in [0.1, 0.15) is 49.9 Å². The summed E-state index contributed by atoms with van der Waals surface area (Å²) in [5, 5.41) is 10.9. The number of hydrogen-bond donors (Lipinski definition) is 1. The van der Waals surface area contributed by atoms with Crippen molar-refractivity contribution in [3.8, 4) is 17.1 Å². The van der Waals surface area contributed by atoms with Crippen molar-refractivity contribution in [1.29, 1.82) is 0 Å². The first-order valence-electron chi connectivity index (χ1n) is 10.1. The number of aryl methyl sites for hydroxylation is 2. The molecule has 1 fully saturated rings. The maximum absolute atomic E-state index is 12.1. The summed E-state index contributed by atoms with van der Waals surface area (Å²) in [5.74, 6) is 0.792. The molecule has 1 amide bonds. The molecular weight excluding hydrogens is 377 g/mol. The normalized spacial score (nSPS) is 14.6. The Bertz CT molecular complexity index is 820. The molecule has 0 saturated heterocycles. The van der Waals surface area contributed by atoms with Crippen LogP contribution >= 0.6 is 0 Å². The molecule has 0 atom stereocenters. The molecule has 9 heteroatoms. The summed E-state index contributed by atoms with van der Waals surface area (Å²) in [6, 6.07) is 3.78. The third-order valence-electron chi connectivity index (χ3n) is 4.98. The zero-order chi connectivity index (χ0) is 20.6. The molecule has 2 aromatic rings. The molecule has 1 N–H and O–H groups in total. The molecule has 1 saturated carbocycles. The number of nitrogens with one attached hydrogen (secondary N) is 1. The Kier molecular flexibility index (Phi) is 7.37. The molecule has 1 aliphatic carbocycles. The van der Waals surface area contributed by atoms with Crippen LogP contribution in [0.4, 0.5) is 9.18 Å². The average molecular weight is 405 g/mol. The van der Waals surface area contributed by atoms with Gasteiger partial charge < -0.3 is 14.8 Å². The van der Waals surface area contributed by atoms with E-state index in [1.807, 2.05) is 19.1 Å². The maximum atomic E-state index is 12.1. The summed E-state index contributed by atoms with van der Waals surface area (Å²) >= 11 is 0. The number of carbonyl (C=O) groups is 1. The van der Waals surface area contributed by atoms with Crippen molar-refractivity contribution in [2.75, 3.05) is 13.3 Å². The van der Waals surface area contributed by atoms with Crippen LogP contribution in [0.15, 0.2) is 12.1 Å². The van der Waals surface area contributed by atoms with Crippen molar-refractivity contribution >= 4 is 6.09 Å². The number of ether oxygens (including phenoxy) is 2. The molecule has 0 aromatic carbocycles. The van der Waals surface area contributed by atoms with Gasteiger partial charge in [0.1, 0.15) is 11.4 Å². The summed E-state index contributed by atoms with van der Waals surface area (Å²) in [6.45, 7) is 1.61. The number of halogens is 1. The van der Waals surface area contributed by atoms with Crippen molar-refractivity contribution in [2.45, 2.75) is 58.1 Å². The minimum absolute atomic E-state index is 0.0437. The fourth-order valence-corrected chi connectivity index (χ4v) is 3.37. The van der Waals surface area contributed by atoms with Crippen LogP contribution in [0, 0.1) is 6.92 Å². The van der Waals surface area contributed by atoms with Gasteiger partial charge in [-0.1, -0.05) is 11.6 Å². The first kappa shape index (κ1) is 21.0. The predicted molar refractivity (Wildman–Crippen MR) is 105 cm³/mol. The number of carbonyl (C=O) groups excluding carboxylic acids is 1. The lowest BCUT2D eigenvalue weighted by Crippen LogP contribution is -2.25. The molecule has 8 nitrogen and oxygen atoms in total. The Morgan fingerprint density at radius 1 is 1.31 bits per heavy atom. The van der Waals surface area contributed by atoms with E-state index in [2.05, 4.69) is 20.6 Å². The summed E-state index contributed by atoms with van der Waals surface area (Å²) in [4.78, 5) is 16.4. The highest BCUT2D eigenvalue weighted by atomic mass is 19.1. The lowest BCUT2D eigenvalue weighted by molar-refractivity contribution is 0.141. The van der Waals surface area contributed by atoms with Crippen LogP contribution < -0.4 is 10.1 Å². The SMILES string of the molecule is Cc1nc(-c2nnn(C)c2CNC(=O)OCCCF)ccc1OC1CCCCC1. The van der Waals surface area contributed by atoms with Gasteiger partial charge in [0, 0.05) is 13.5 Å². The molecular formula is C20H28FN5O3. The van der Waals surface area contributed by atoms with Gasteiger partial charge in [-0.05, 0) is 44.7 Å². The van der Waals surface area contributed by atoms with Gasteiger partial charge in [0.25, 0.3) is 0 Å². The van der Waals surface area contributed by atoms with E-state index < -0.39 is 12.8 Å². The van der Waals surface area contributed by atoms with Crippen LogP contribution in [0.25, 0.3) is 11.4 Å². The van der Waals surface area contributed by atoms with E-state index >= 15 is 0 Å². The Labute approximate surface area is 169 Å². The van der Waals surface area contributed by atoms with E-state index in [1.165, 1.54) is 19.3 Å². The number of alkyl carbamates (subject to hydrolysis) is 1. The minimum Gasteiger partial charge on any atom is -0.489 e. The zero-order valence-electron chi connectivity index (χ0n) is 17.0. The number of pyridine rings is 1. The van der Waals surface area contributed by atoms with Gasteiger partial charge in [0.15, 0.2) is 0 Å². The van der Waals surface area contributed by atoms with Crippen LogP contribution in [-0.4, -0.2) is 45.5 Å². The van der Waals surface area contributed by atoms with E-state index in [9.17, 15) is 9.18 Å². The first-order valence-corrected chi connectivity index (χ1v) is 10.1. The summed E-state index contributed by atoms with van der Waals surface area (Å²) in [6.07, 6.45) is 5.71. The van der Waals surface area contributed by atoms with Gasteiger partial charge in [0.05, 0.1) is 43.0 Å². The summed E-state index contributed by atoms with van der Waals surface area (Å²) in [5.41, 5.74) is 2.74. The Hall–Kier alpha value is -2.71.